The fraction of sp³-hybridized carbons (Fsp3) is 0.679. The number of carbonyl (C=O) groups excluding carboxylic acids is 2. The second-order valence-electron chi connectivity index (χ2n) is 12.7. The smallest absolute Gasteiger partial charge is 0.335 e. The summed E-state index contributed by atoms with van der Waals surface area (Å²) >= 11 is 0. The Balaban J connectivity index is 1.38. The molecule has 13 heteroatoms. The van der Waals surface area contributed by atoms with Gasteiger partial charge in [-0.25, -0.2) is 23.6 Å². The number of fused-ring (bicyclic) bond motifs is 2. The molecule has 12 nitrogen and oxygen atoms in total. The van der Waals surface area contributed by atoms with Crippen LogP contribution in [0.5, 0.6) is 0 Å². The predicted molar refractivity (Wildman–Crippen MR) is 149 cm³/mol. The Kier molecular flexibility index (Phi) is 7.84. The third-order valence-electron chi connectivity index (χ3n) is 8.40. The molecule has 0 aliphatic carbocycles. The maximum atomic E-state index is 13.2. The Labute approximate surface area is 241 Å². The van der Waals surface area contributed by atoms with Gasteiger partial charge in [0, 0.05) is 30.4 Å². The third-order valence-corrected chi connectivity index (χ3v) is 10.6. The largest absolute Gasteiger partial charge is 0.461 e. The van der Waals surface area contributed by atoms with Crippen LogP contribution in [0.3, 0.4) is 0 Å². The first-order chi connectivity index (χ1) is 19.3. The van der Waals surface area contributed by atoms with E-state index in [2.05, 4.69) is 22.1 Å². The molecule has 224 valence electrons. The van der Waals surface area contributed by atoms with Crippen molar-refractivity contribution in [1.29, 1.82) is 5.26 Å². The lowest BCUT2D eigenvalue weighted by molar-refractivity contribution is -0.174. The average molecular weight is 589 g/mol. The lowest BCUT2D eigenvalue weighted by Crippen LogP contribution is -2.63. The minimum absolute atomic E-state index is 0.0985. The van der Waals surface area contributed by atoms with Crippen LogP contribution in [0.1, 0.15) is 65.9 Å². The molecule has 3 unspecified atom stereocenters. The summed E-state index contributed by atoms with van der Waals surface area (Å²) in [6.07, 6.45) is 0.301. The number of nitrogens with one attached hydrogen (secondary N) is 3. The molecule has 5 rings (SSSR count). The molecule has 1 aromatic rings. The Morgan fingerprint density at radius 1 is 1.32 bits per heavy atom. The maximum absolute atomic E-state index is 13.2. The van der Waals surface area contributed by atoms with Gasteiger partial charge in [0.15, 0.2) is 6.10 Å². The first-order valence-corrected chi connectivity index (χ1v) is 15.7. The molecule has 0 aromatic heterocycles. The summed E-state index contributed by atoms with van der Waals surface area (Å²) in [6, 6.07) is 7.26. The normalized spacial score (nSPS) is 31.7. The molecule has 3 saturated heterocycles. The lowest BCUT2D eigenvalue weighted by Gasteiger charge is -2.47. The van der Waals surface area contributed by atoms with Crippen LogP contribution in [-0.2, 0) is 35.6 Å². The highest BCUT2D eigenvalue weighted by Crippen LogP contribution is 2.41. The van der Waals surface area contributed by atoms with E-state index in [4.69, 9.17) is 9.47 Å². The molecule has 1 amide bonds. The van der Waals surface area contributed by atoms with Crippen molar-refractivity contribution >= 4 is 27.6 Å². The van der Waals surface area contributed by atoms with E-state index in [1.165, 1.54) is 4.31 Å². The average Bonchev–Trinajstić information content (AvgIpc) is 3.39. The lowest BCUT2D eigenvalue weighted by atomic mass is 9.83. The Morgan fingerprint density at radius 3 is 2.71 bits per heavy atom. The van der Waals surface area contributed by atoms with Gasteiger partial charge >= 0.3 is 5.97 Å². The van der Waals surface area contributed by atoms with Crippen LogP contribution < -0.4 is 16.1 Å². The minimum Gasteiger partial charge on any atom is -0.461 e. The van der Waals surface area contributed by atoms with Crippen molar-refractivity contribution in [1.82, 2.24) is 20.1 Å². The number of hydrogen-bond acceptors (Lipinski definition) is 10. The van der Waals surface area contributed by atoms with Crippen LogP contribution in [0.25, 0.3) is 0 Å². The number of esters is 1. The van der Waals surface area contributed by atoms with Crippen LogP contribution in [0.15, 0.2) is 23.1 Å². The topological polar surface area (TPSA) is 153 Å². The predicted octanol–water partition coefficient (Wildman–Crippen LogP) is 1.84. The standard InChI is InChI=1S/C28H40N6O6S/c1-17(2)40-26(36)21-8-10-28(11-12-29,16-39-21)34-20-9-13-30-25(35)23(20)24(32-34)31-19-6-7-22-18(14-19)15-33(27(3,4)5)41(22,37)38/h6-7,14,17,20-21,23-24,31-32H,8-11,13,15-16H2,1-5H3,(H,30,35)/t20?,21-,23?,24?,28-/m0/s1. The second-order valence-corrected chi connectivity index (χ2v) is 14.5. The van der Waals surface area contributed by atoms with Crippen LogP contribution in [0.2, 0.25) is 0 Å². The Bertz CT molecular complexity index is 1340. The van der Waals surface area contributed by atoms with E-state index in [9.17, 15) is 23.3 Å². The SMILES string of the molecule is CC(C)OC(=O)[C@@H]1CC[C@@](CC#N)(N2NC(Nc3ccc4c(c3)CN(C(C)(C)C)S4(=O)=O)C3C(=O)NCCC32)CO1. The number of nitriles is 1. The molecule has 4 aliphatic heterocycles. The molecule has 3 N–H and O–H groups in total. The zero-order chi connectivity index (χ0) is 29.7. The molecular formula is C28H40N6O6S. The first kappa shape index (κ1) is 29.7. The summed E-state index contributed by atoms with van der Waals surface area (Å²) in [5, 5.41) is 18.2. The van der Waals surface area contributed by atoms with Crippen molar-refractivity contribution in [2.24, 2.45) is 5.92 Å². The van der Waals surface area contributed by atoms with Gasteiger partial charge in [-0.2, -0.15) is 9.57 Å². The summed E-state index contributed by atoms with van der Waals surface area (Å²) in [5.41, 5.74) is 3.58. The van der Waals surface area contributed by atoms with Crippen molar-refractivity contribution in [3.05, 3.63) is 23.8 Å². The fourth-order valence-corrected chi connectivity index (χ4v) is 8.42. The first-order valence-electron chi connectivity index (χ1n) is 14.2. The molecule has 5 atom stereocenters. The van der Waals surface area contributed by atoms with Gasteiger partial charge in [-0.3, -0.25) is 4.79 Å². The fourth-order valence-electron chi connectivity index (χ4n) is 6.46. The van der Waals surface area contributed by atoms with Gasteiger partial charge in [0.1, 0.15) is 6.17 Å². The number of ether oxygens (including phenoxy) is 2. The molecule has 41 heavy (non-hydrogen) atoms. The highest BCUT2D eigenvalue weighted by Gasteiger charge is 2.56. The number of anilines is 1. The third kappa shape index (κ3) is 5.44. The monoisotopic (exact) mass is 588 g/mol. The van der Waals surface area contributed by atoms with E-state index in [0.717, 1.165) is 0 Å². The quantitative estimate of drug-likeness (QED) is 0.420. The van der Waals surface area contributed by atoms with Gasteiger partial charge in [0.05, 0.1) is 41.6 Å². The van der Waals surface area contributed by atoms with Gasteiger partial charge in [0.25, 0.3) is 0 Å². The summed E-state index contributed by atoms with van der Waals surface area (Å²) in [6.45, 7) is 10.1. The van der Waals surface area contributed by atoms with E-state index in [-0.39, 0.29) is 37.6 Å². The zero-order valence-corrected chi connectivity index (χ0v) is 25.1. The highest BCUT2D eigenvalue weighted by atomic mass is 32.2. The number of hydrogen-bond donors (Lipinski definition) is 3. The summed E-state index contributed by atoms with van der Waals surface area (Å²) in [5.74, 6) is -0.970. The zero-order valence-electron chi connectivity index (χ0n) is 24.3. The maximum Gasteiger partial charge on any atom is 0.335 e. The number of piperidine rings is 1. The Hall–Kier alpha value is -2.76. The molecule has 0 bridgehead atoms. The summed E-state index contributed by atoms with van der Waals surface area (Å²) in [4.78, 5) is 25.9. The number of benzene rings is 1. The summed E-state index contributed by atoms with van der Waals surface area (Å²) in [7, 11) is -3.59. The van der Waals surface area contributed by atoms with Crippen molar-refractivity contribution < 1.29 is 27.5 Å². The Morgan fingerprint density at radius 2 is 2.07 bits per heavy atom. The van der Waals surface area contributed by atoms with Crippen molar-refractivity contribution in [2.45, 2.75) is 107 Å². The van der Waals surface area contributed by atoms with Crippen LogP contribution in [0.4, 0.5) is 5.69 Å². The summed E-state index contributed by atoms with van der Waals surface area (Å²) < 4.78 is 39.1. The molecule has 4 aliphatic rings. The molecule has 4 heterocycles. The molecule has 1 aromatic carbocycles. The molecule has 0 spiro atoms. The number of sulfonamides is 1. The van der Waals surface area contributed by atoms with E-state index in [1.807, 2.05) is 31.8 Å². The molecule has 0 saturated carbocycles. The van der Waals surface area contributed by atoms with Crippen LogP contribution >= 0.6 is 0 Å². The van der Waals surface area contributed by atoms with Crippen molar-refractivity contribution in [2.75, 3.05) is 18.5 Å². The van der Waals surface area contributed by atoms with Crippen LogP contribution in [0, 0.1) is 17.2 Å². The highest BCUT2D eigenvalue weighted by molar-refractivity contribution is 7.89. The number of rotatable bonds is 6. The van der Waals surface area contributed by atoms with Gasteiger partial charge in [0.2, 0.25) is 15.9 Å². The van der Waals surface area contributed by atoms with E-state index in [1.54, 1.807) is 26.0 Å². The second kappa shape index (κ2) is 10.8. The van der Waals surface area contributed by atoms with Crippen molar-refractivity contribution in [3.8, 4) is 6.07 Å². The van der Waals surface area contributed by atoms with E-state index >= 15 is 0 Å². The minimum atomic E-state index is -3.59. The van der Waals surface area contributed by atoms with Gasteiger partial charge in [-0.1, -0.05) is 0 Å². The molecular weight excluding hydrogens is 548 g/mol. The molecule has 3 fully saturated rings. The number of hydrazine groups is 1. The van der Waals surface area contributed by atoms with E-state index < -0.39 is 45.3 Å². The number of amides is 1. The van der Waals surface area contributed by atoms with Gasteiger partial charge in [-0.05, 0) is 77.6 Å². The van der Waals surface area contributed by atoms with Gasteiger partial charge in [-0.15, -0.1) is 0 Å². The van der Waals surface area contributed by atoms with E-state index in [0.29, 0.717) is 42.0 Å². The number of carbonyl (C=O) groups is 2. The van der Waals surface area contributed by atoms with Gasteiger partial charge < -0.3 is 20.1 Å². The van der Waals surface area contributed by atoms with Crippen molar-refractivity contribution in [3.63, 3.8) is 0 Å². The molecule has 0 radical (unpaired) electrons. The van der Waals surface area contributed by atoms with Crippen LogP contribution in [-0.4, -0.2) is 78.3 Å². The number of nitrogens with zero attached hydrogens (tertiary/aromatic N) is 3.